The first-order chi connectivity index (χ1) is 9.10. The number of hydrogen-bond acceptors (Lipinski definition) is 2. The molecule has 0 aliphatic rings. The van der Waals surface area contributed by atoms with E-state index in [1.54, 1.807) is 6.07 Å². The van der Waals surface area contributed by atoms with Crippen molar-refractivity contribution in [1.82, 2.24) is 5.32 Å². The van der Waals surface area contributed by atoms with Gasteiger partial charge < -0.3 is 10.2 Å². The van der Waals surface area contributed by atoms with E-state index in [0.717, 1.165) is 43.7 Å². The van der Waals surface area contributed by atoms with Gasteiger partial charge in [0, 0.05) is 19.1 Å². The average molecular weight is 266 g/mol. The molecule has 0 bridgehead atoms. The normalized spacial score (nSPS) is 11.1. The Morgan fingerprint density at radius 3 is 2.47 bits per heavy atom. The minimum Gasteiger partial charge on any atom is -0.367 e. The number of halogens is 1. The van der Waals surface area contributed by atoms with Gasteiger partial charge in [0.05, 0.1) is 5.69 Å². The van der Waals surface area contributed by atoms with Crippen LogP contribution >= 0.6 is 0 Å². The zero-order chi connectivity index (χ0) is 14.3. The predicted octanol–water partition coefficient (Wildman–Crippen LogP) is 3.95. The molecule has 1 aromatic rings. The van der Waals surface area contributed by atoms with E-state index in [1.807, 2.05) is 12.1 Å². The third-order valence-electron chi connectivity index (χ3n) is 3.17. The monoisotopic (exact) mass is 266 g/mol. The molecule has 0 atom stereocenters. The summed E-state index contributed by atoms with van der Waals surface area (Å²) in [6.07, 6.45) is 2.12. The van der Waals surface area contributed by atoms with E-state index < -0.39 is 0 Å². The van der Waals surface area contributed by atoms with Crippen LogP contribution in [0.2, 0.25) is 0 Å². The maximum Gasteiger partial charge on any atom is 0.146 e. The first-order valence-electron chi connectivity index (χ1n) is 7.35. The van der Waals surface area contributed by atoms with E-state index in [1.165, 1.54) is 0 Å². The standard InChI is InChI=1S/C16H27FN2/c1-5-9-18-12-14-7-8-16(15(17)11-14)19(10-6-2)13(3)4/h7-8,11,13,18H,5-6,9-10,12H2,1-4H3. The quantitative estimate of drug-likeness (QED) is 0.717. The highest BCUT2D eigenvalue weighted by molar-refractivity contribution is 5.49. The summed E-state index contributed by atoms with van der Waals surface area (Å²) in [6.45, 7) is 11.1. The van der Waals surface area contributed by atoms with Crippen molar-refractivity contribution in [3.8, 4) is 0 Å². The van der Waals surface area contributed by atoms with E-state index in [4.69, 9.17) is 0 Å². The Labute approximate surface area is 117 Å². The molecule has 0 aromatic heterocycles. The molecule has 0 aliphatic carbocycles. The highest BCUT2D eigenvalue weighted by Gasteiger charge is 2.14. The number of hydrogen-bond donors (Lipinski definition) is 1. The second kappa shape index (κ2) is 8.16. The molecule has 19 heavy (non-hydrogen) atoms. The molecule has 0 spiro atoms. The van der Waals surface area contributed by atoms with Crippen molar-refractivity contribution in [2.45, 2.75) is 53.1 Å². The predicted molar refractivity (Wildman–Crippen MR) is 81.2 cm³/mol. The van der Waals surface area contributed by atoms with Crippen molar-refractivity contribution in [2.24, 2.45) is 0 Å². The van der Waals surface area contributed by atoms with E-state index in [-0.39, 0.29) is 5.82 Å². The number of nitrogens with zero attached hydrogens (tertiary/aromatic N) is 1. The SMILES string of the molecule is CCCNCc1ccc(N(CCC)C(C)C)c(F)c1. The fourth-order valence-electron chi connectivity index (χ4n) is 2.20. The molecule has 0 radical (unpaired) electrons. The Balaban J connectivity index is 2.80. The summed E-state index contributed by atoms with van der Waals surface area (Å²) in [5, 5.41) is 3.29. The Morgan fingerprint density at radius 2 is 1.95 bits per heavy atom. The zero-order valence-corrected chi connectivity index (χ0v) is 12.7. The Kier molecular flexibility index (Phi) is 6.85. The zero-order valence-electron chi connectivity index (χ0n) is 12.7. The molecule has 1 rings (SSSR count). The van der Waals surface area contributed by atoms with Gasteiger partial charge >= 0.3 is 0 Å². The lowest BCUT2D eigenvalue weighted by atomic mass is 10.1. The first-order valence-corrected chi connectivity index (χ1v) is 7.35. The molecule has 3 heteroatoms. The van der Waals surface area contributed by atoms with Crippen LogP contribution in [0.5, 0.6) is 0 Å². The summed E-state index contributed by atoms with van der Waals surface area (Å²) in [5.74, 6) is -0.113. The smallest absolute Gasteiger partial charge is 0.146 e. The first kappa shape index (κ1) is 16.0. The third kappa shape index (κ3) is 4.83. The van der Waals surface area contributed by atoms with Gasteiger partial charge in [-0.2, -0.15) is 0 Å². The highest BCUT2D eigenvalue weighted by Crippen LogP contribution is 2.23. The van der Waals surface area contributed by atoms with Crippen LogP contribution in [0.4, 0.5) is 10.1 Å². The molecular formula is C16H27FN2. The minimum atomic E-state index is -0.113. The van der Waals surface area contributed by atoms with Crippen LogP contribution in [0.15, 0.2) is 18.2 Å². The van der Waals surface area contributed by atoms with Crippen LogP contribution in [-0.2, 0) is 6.54 Å². The molecule has 1 aromatic carbocycles. The second-order valence-electron chi connectivity index (χ2n) is 5.25. The summed E-state index contributed by atoms with van der Waals surface area (Å²) < 4.78 is 14.2. The average Bonchev–Trinajstić information content (AvgIpc) is 2.37. The molecule has 0 amide bonds. The van der Waals surface area contributed by atoms with Gasteiger partial charge in [-0.25, -0.2) is 4.39 Å². The van der Waals surface area contributed by atoms with Gasteiger partial charge in [-0.15, -0.1) is 0 Å². The lowest BCUT2D eigenvalue weighted by Gasteiger charge is -2.29. The Morgan fingerprint density at radius 1 is 1.21 bits per heavy atom. The van der Waals surface area contributed by atoms with Crippen molar-refractivity contribution in [3.05, 3.63) is 29.6 Å². The molecular weight excluding hydrogens is 239 g/mol. The molecule has 0 heterocycles. The molecule has 0 saturated heterocycles. The van der Waals surface area contributed by atoms with Crippen molar-refractivity contribution in [3.63, 3.8) is 0 Å². The van der Waals surface area contributed by atoms with Gasteiger partial charge in [-0.3, -0.25) is 0 Å². The minimum absolute atomic E-state index is 0.113. The lowest BCUT2D eigenvalue weighted by molar-refractivity contribution is 0.592. The highest BCUT2D eigenvalue weighted by atomic mass is 19.1. The molecule has 2 nitrogen and oxygen atoms in total. The van der Waals surface area contributed by atoms with Gasteiger partial charge in [0.15, 0.2) is 0 Å². The van der Waals surface area contributed by atoms with Crippen molar-refractivity contribution in [1.29, 1.82) is 0 Å². The summed E-state index contributed by atoms with van der Waals surface area (Å²) in [7, 11) is 0. The fraction of sp³-hybridized carbons (Fsp3) is 0.625. The maximum absolute atomic E-state index is 14.2. The van der Waals surface area contributed by atoms with Crippen LogP contribution < -0.4 is 10.2 Å². The van der Waals surface area contributed by atoms with Crippen molar-refractivity contribution >= 4 is 5.69 Å². The van der Waals surface area contributed by atoms with Crippen LogP contribution in [0, 0.1) is 5.82 Å². The van der Waals surface area contributed by atoms with Gasteiger partial charge in [0.2, 0.25) is 0 Å². The van der Waals surface area contributed by atoms with Gasteiger partial charge in [0.25, 0.3) is 0 Å². The molecule has 108 valence electrons. The van der Waals surface area contributed by atoms with Crippen LogP contribution in [0.1, 0.15) is 46.1 Å². The lowest BCUT2D eigenvalue weighted by Crippen LogP contribution is -2.32. The number of nitrogens with one attached hydrogen (secondary N) is 1. The Bertz CT molecular complexity index is 377. The summed E-state index contributed by atoms with van der Waals surface area (Å²) in [4.78, 5) is 2.12. The van der Waals surface area contributed by atoms with Crippen LogP contribution in [0.25, 0.3) is 0 Å². The number of rotatable bonds is 8. The van der Waals surface area contributed by atoms with Crippen molar-refractivity contribution in [2.75, 3.05) is 18.0 Å². The van der Waals surface area contributed by atoms with Crippen LogP contribution in [-0.4, -0.2) is 19.1 Å². The fourth-order valence-corrected chi connectivity index (χ4v) is 2.20. The summed E-state index contributed by atoms with van der Waals surface area (Å²) in [5.41, 5.74) is 1.73. The second-order valence-corrected chi connectivity index (χ2v) is 5.25. The third-order valence-corrected chi connectivity index (χ3v) is 3.17. The number of anilines is 1. The largest absolute Gasteiger partial charge is 0.367 e. The van der Waals surface area contributed by atoms with E-state index in [2.05, 4.69) is 37.9 Å². The van der Waals surface area contributed by atoms with Gasteiger partial charge in [-0.1, -0.05) is 19.9 Å². The van der Waals surface area contributed by atoms with E-state index in [9.17, 15) is 4.39 Å². The molecule has 1 N–H and O–H groups in total. The topological polar surface area (TPSA) is 15.3 Å². The molecule has 0 unspecified atom stereocenters. The molecule has 0 aliphatic heterocycles. The summed E-state index contributed by atoms with van der Waals surface area (Å²) >= 11 is 0. The maximum atomic E-state index is 14.2. The Hall–Kier alpha value is -1.09. The van der Waals surface area contributed by atoms with E-state index >= 15 is 0 Å². The van der Waals surface area contributed by atoms with Gasteiger partial charge in [-0.05, 0) is 50.9 Å². The van der Waals surface area contributed by atoms with Crippen LogP contribution in [0.3, 0.4) is 0 Å². The van der Waals surface area contributed by atoms with Gasteiger partial charge in [0.1, 0.15) is 5.82 Å². The van der Waals surface area contributed by atoms with Crippen molar-refractivity contribution < 1.29 is 4.39 Å². The van der Waals surface area contributed by atoms with E-state index in [0.29, 0.717) is 6.04 Å². The molecule has 0 saturated carbocycles. The summed E-state index contributed by atoms with van der Waals surface area (Å²) in [6, 6.07) is 5.90. The molecule has 0 fully saturated rings. The number of benzene rings is 1.